The molecule has 0 unspecified atom stereocenters. The van der Waals surface area contributed by atoms with Crippen LogP contribution in [0.25, 0.3) is 10.2 Å². The van der Waals surface area contributed by atoms with Crippen molar-refractivity contribution < 1.29 is 4.79 Å². The minimum Gasteiger partial charge on any atom is -0.354 e. The fourth-order valence-corrected chi connectivity index (χ4v) is 5.01. The topological polar surface area (TPSA) is 48.5 Å². The Labute approximate surface area is 182 Å². The molecule has 0 aliphatic carbocycles. The van der Waals surface area contributed by atoms with Crippen molar-refractivity contribution in [3.05, 3.63) is 65.2 Å². The molecule has 1 aliphatic rings. The summed E-state index contributed by atoms with van der Waals surface area (Å²) in [5.41, 5.74) is 2.39. The first-order chi connectivity index (χ1) is 14.7. The number of nitrogens with zero attached hydrogens (tertiary/aromatic N) is 3. The minimum absolute atomic E-state index is 0.129. The molecule has 1 N–H and O–H groups in total. The highest BCUT2D eigenvalue weighted by Crippen LogP contribution is 2.23. The molecule has 1 fully saturated rings. The lowest BCUT2D eigenvalue weighted by Crippen LogP contribution is -2.49. The van der Waals surface area contributed by atoms with E-state index in [0.717, 1.165) is 44.7 Å². The molecular weight excluding hydrogens is 392 g/mol. The zero-order chi connectivity index (χ0) is 20.8. The van der Waals surface area contributed by atoms with Gasteiger partial charge >= 0.3 is 0 Å². The Morgan fingerprint density at radius 3 is 2.47 bits per heavy atom. The molecule has 30 heavy (non-hydrogen) atoms. The quantitative estimate of drug-likeness (QED) is 0.601. The average Bonchev–Trinajstić information content (AvgIpc) is 3.18. The number of hydrogen-bond donors (Lipinski definition) is 1. The summed E-state index contributed by atoms with van der Waals surface area (Å²) in [4.78, 5) is 21.9. The summed E-state index contributed by atoms with van der Waals surface area (Å²) in [6, 6.07) is 18.8. The van der Waals surface area contributed by atoms with Crippen LogP contribution in [0.2, 0.25) is 0 Å². The molecule has 1 atom stereocenters. The molecule has 2 heterocycles. The van der Waals surface area contributed by atoms with E-state index < -0.39 is 0 Å². The average molecular weight is 423 g/mol. The van der Waals surface area contributed by atoms with Gasteiger partial charge in [-0.1, -0.05) is 49.4 Å². The van der Waals surface area contributed by atoms with Crippen LogP contribution in [-0.4, -0.2) is 60.0 Å². The number of aromatic nitrogens is 1. The van der Waals surface area contributed by atoms with Crippen molar-refractivity contribution in [2.75, 3.05) is 39.3 Å². The number of thiazole rings is 1. The van der Waals surface area contributed by atoms with Gasteiger partial charge in [-0.15, -0.1) is 11.3 Å². The van der Waals surface area contributed by atoms with Crippen LogP contribution in [0.15, 0.2) is 54.6 Å². The molecule has 5 nitrogen and oxygen atoms in total. The van der Waals surface area contributed by atoms with Crippen LogP contribution in [-0.2, 0) is 11.3 Å². The van der Waals surface area contributed by atoms with Gasteiger partial charge < -0.3 is 5.32 Å². The van der Waals surface area contributed by atoms with E-state index in [2.05, 4.69) is 64.5 Å². The second-order valence-corrected chi connectivity index (χ2v) is 9.06. The molecular formula is C24H30N4OS. The molecule has 158 valence electrons. The first-order valence-electron chi connectivity index (χ1n) is 10.8. The van der Waals surface area contributed by atoms with Crippen molar-refractivity contribution in [2.45, 2.75) is 25.8 Å². The van der Waals surface area contributed by atoms with Gasteiger partial charge in [0.2, 0.25) is 5.91 Å². The number of nitrogens with one attached hydrogen (secondary N) is 1. The zero-order valence-corrected chi connectivity index (χ0v) is 18.4. The summed E-state index contributed by atoms with van der Waals surface area (Å²) < 4.78 is 1.25. The van der Waals surface area contributed by atoms with E-state index >= 15 is 0 Å². The van der Waals surface area contributed by atoms with Gasteiger partial charge in [0.15, 0.2) is 0 Å². The van der Waals surface area contributed by atoms with Crippen LogP contribution in [0.4, 0.5) is 0 Å². The van der Waals surface area contributed by atoms with Crippen LogP contribution >= 0.6 is 11.3 Å². The lowest BCUT2D eigenvalue weighted by molar-refractivity contribution is -0.122. The lowest BCUT2D eigenvalue weighted by Gasteiger charge is -2.33. The predicted octanol–water partition coefficient (Wildman–Crippen LogP) is 3.72. The molecule has 0 radical (unpaired) electrons. The Morgan fingerprint density at radius 2 is 1.73 bits per heavy atom. The van der Waals surface area contributed by atoms with E-state index in [9.17, 15) is 4.79 Å². The second-order valence-electron chi connectivity index (χ2n) is 7.95. The van der Waals surface area contributed by atoms with Crippen LogP contribution in [0.3, 0.4) is 0 Å². The third-order valence-electron chi connectivity index (χ3n) is 5.84. The highest BCUT2D eigenvalue weighted by atomic mass is 32.1. The fraction of sp³-hybridized carbons (Fsp3) is 0.417. The lowest BCUT2D eigenvalue weighted by atomic mass is 9.96. The van der Waals surface area contributed by atoms with Gasteiger partial charge in [-0.3, -0.25) is 14.6 Å². The summed E-state index contributed by atoms with van der Waals surface area (Å²) in [6.07, 6.45) is 1.02. The standard InChI is InChI=1S/C24H30N4OS/c1-2-19(20-8-4-3-5-9-20)16-25-23(29)17-27-12-14-28(15-13-27)18-24-26-21-10-6-7-11-22(21)30-24/h3-11,19H,2,12-18H2,1H3,(H,25,29)/t19-/m0/s1. The summed E-state index contributed by atoms with van der Waals surface area (Å²) in [5, 5.41) is 4.32. The SMILES string of the molecule is CC[C@@H](CNC(=O)CN1CCN(Cc2nc3ccccc3s2)CC1)c1ccccc1. The molecule has 0 saturated carbocycles. The van der Waals surface area contributed by atoms with E-state index in [0.29, 0.717) is 19.0 Å². The maximum atomic E-state index is 12.5. The largest absolute Gasteiger partial charge is 0.354 e. The van der Waals surface area contributed by atoms with Gasteiger partial charge in [-0.25, -0.2) is 4.98 Å². The summed E-state index contributed by atoms with van der Waals surface area (Å²) in [6.45, 7) is 8.07. The van der Waals surface area contributed by atoms with Gasteiger partial charge in [-0.2, -0.15) is 0 Å². The number of piperazine rings is 1. The van der Waals surface area contributed by atoms with Gasteiger partial charge in [0.25, 0.3) is 0 Å². The molecule has 6 heteroatoms. The predicted molar refractivity (Wildman–Crippen MR) is 124 cm³/mol. The van der Waals surface area contributed by atoms with Crippen LogP contribution in [0, 0.1) is 0 Å². The first kappa shape index (κ1) is 21.0. The number of para-hydroxylation sites is 1. The molecule has 3 aromatic rings. The van der Waals surface area contributed by atoms with Crippen molar-refractivity contribution in [1.82, 2.24) is 20.1 Å². The molecule has 0 spiro atoms. The number of benzene rings is 2. The van der Waals surface area contributed by atoms with Crippen LogP contribution in [0.5, 0.6) is 0 Å². The number of rotatable bonds is 8. The van der Waals surface area contributed by atoms with E-state index in [4.69, 9.17) is 4.98 Å². The Hall–Kier alpha value is -2.28. The maximum Gasteiger partial charge on any atom is 0.234 e. The monoisotopic (exact) mass is 422 g/mol. The highest BCUT2D eigenvalue weighted by molar-refractivity contribution is 7.18. The van der Waals surface area contributed by atoms with Gasteiger partial charge in [0.05, 0.1) is 23.3 Å². The number of fused-ring (bicyclic) bond motifs is 1. The van der Waals surface area contributed by atoms with Crippen molar-refractivity contribution in [1.29, 1.82) is 0 Å². The van der Waals surface area contributed by atoms with E-state index in [-0.39, 0.29) is 5.91 Å². The third kappa shape index (κ3) is 5.45. The summed E-state index contributed by atoms with van der Waals surface area (Å²) >= 11 is 1.78. The zero-order valence-electron chi connectivity index (χ0n) is 17.6. The van der Waals surface area contributed by atoms with Gasteiger partial charge in [-0.05, 0) is 24.1 Å². The van der Waals surface area contributed by atoms with Gasteiger partial charge in [0.1, 0.15) is 5.01 Å². The normalized spacial score (nSPS) is 16.6. The second kappa shape index (κ2) is 10.2. The van der Waals surface area contributed by atoms with Gasteiger partial charge in [0, 0.05) is 38.6 Å². The summed E-state index contributed by atoms with van der Waals surface area (Å²) in [5.74, 6) is 0.504. The molecule has 1 aliphatic heterocycles. The third-order valence-corrected chi connectivity index (χ3v) is 6.86. The number of hydrogen-bond acceptors (Lipinski definition) is 5. The summed E-state index contributed by atoms with van der Waals surface area (Å²) in [7, 11) is 0. The van der Waals surface area contributed by atoms with E-state index in [1.807, 2.05) is 12.1 Å². The van der Waals surface area contributed by atoms with E-state index in [1.165, 1.54) is 15.3 Å². The van der Waals surface area contributed by atoms with Crippen molar-refractivity contribution in [3.63, 3.8) is 0 Å². The van der Waals surface area contributed by atoms with Crippen LogP contribution in [0.1, 0.15) is 29.8 Å². The van der Waals surface area contributed by atoms with Crippen molar-refractivity contribution in [3.8, 4) is 0 Å². The maximum absolute atomic E-state index is 12.5. The number of amides is 1. The Kier molecular flexibility index (Phi) is 7.10. The molecule has 4 rings (SSSR count). The molecule has 0 bridgehead atoms. The van der Waals surface area contributed by atoms with Crippen molar-refractivity contribution >= 4 is 27.5 Å². The molecule has 1 amide bonds. The van der Waals surface area contributed by atoms with Crippen LogP contribution < -0.4 is 5.32 Å². The highest BCUT2D eigenvalue weighted by Gasteiger charge is 2.20. The Bertz CT molecular complexity index is 917. The fourth-order valence-electron chi connectivity index (χ4n) is 4.00. The molecule has 1 saturated heterocycles. The van der Waals surface area contributed by atoms with Crippen molar-refractivity contribution in [2.24, 2.45) is 0 Å². The number of carbonyl (C=O) groups is 1. The minimum atomic E-state index is 0.129. The first-order valence-corrected chi connectivity index (χ1v) is 11.6. The molecule has 2 aromatic carbocycles. The molecule has 1 aromatic heterocycles. The number of carbonyl (C=O) groups excluding carboxylic acids is 1. The Morgan fingerprint density at radius 1 is 1.03 bits per heavy atom. The smallest absolute Gasteiger partial charge is 0.234 e. The van der Waals surface area contributed by atoms with E-state index in [1.54, 1.807) is 11.3 Å². The Balaban J connectivity index is 1.20.